The molecular formula is C16H14O5. The Balaban J connectivity index is 2.17. The van der Waals surface area contributed by atoms with Crippen LogP contribution in [-0.2, 0) is 26.5 Å². The zero-order valence-corrected chi connectivity index (χ0v) is 11.1. The van der Waals surface area contributed by atoms with E-state index in [0.29, 0.717) is 5.56 Å². The molecule has 0 radical (unpaired) electrons. The molecule has 5 heteroatoms. The van der Waals surface area contributed by atoms with Crippen molar-refractivity contribution in [3.8, 4) is 0 Å². The minimum Gasteiger partial charge on any atom is -0.476 e. The number of hydrogen-bond donors (Lipinski definition) is 2. The Labute approximate surface area is 121 Å². The molecule has 0 saturated carbocycles. The van der Waals surface area contributed by atoms with Crippen LogP contribution in [0.4, 0.5) is 0 Å². The normalized spacial score (nSPS) is 13.2. The van der Waals surface area contributed by atoms with Crippen molar-refractivity contribution in [2.45, 2.75) is 12.2 Å². The molecule has 21 heavy (non-hydrogen) atoms. The summed E-state index contributed by atoms with van der Waals surface area (Å²) >= 11 is 0. The number of rotatable bonds is 5. The fraction of sp³-hybridized carbons (Fsp3) is 0.125. The van der Waals surface area contributed by atoms with E-state index in [0.717, 1.165) is 0 Å². The third kappa shape index (κ3) is 3.46. The lowest BCUT2D eigenvalue weighted by molar-refractivity contribution is -0.227. The molecule has 0 saturated heterocycles. The highest BCUT2D eigenvalue weighted by Crippen LogP contribution is 2.23. The van der Waals surface area contributed by atoms with Gasteiger partial charge in [-0.05, 0) is 5.56 Å². The summed E-state index contributed by atoms with van der Waals surface area (Å²) in [6.45, 7) is 0. The van der Waals surface area contributed by atoms with Crippen LogP contribution in [0.15, 0.2) is 60.7 Å². The van der Waals surface area contributed by atoms with Crippen molar-refractivity contribution in [1.82, 2.24) is 0 Å². The average Bonchev–Trinajstić information content (AvgIpc) is 2.48. The highest BCUT2D eigenvalue weighted by molar-refractivity contribution is 5.82. The maximum absolute atomic E-state index is 11.9. The molecular weight excluding hydrogens is 272 g/mol. The molecule has 108 valence electrons. The molecule has 2 N–H and O–H groups in total. The Kier molecular flexibility index (Phi) is 4.35. The molecule has 1 atom stereocenters. The number of benzene rings is 2. The second-order valence-electron chi connectivity index (χ2n) is 4.45. The van der Waals surface area contributed by atoms with Crippen LogP contribution in [-0.4, -0.2) is 22.2 Å². The van der Waals surface area contributed by atoms with Gasteiger partial charge in [0, 0.05) is 5.56 Å². The molecule has 2 rings (SSSR count). The molecule has 0 amide bonds. The van der Waals surface area contributed by atoms with Gasteiger partial charge in [-0.3, -0.25) is 4.79 Å². The highest BCUT2D eigenvalue weighted by Gasteiger charge is 2.42. The smallest absolute Gasteiger partial charge is 0.382 e. The number of carboxylic acid groups (broad SMARTS) is 1. The number of aliphatic hydroxyl groups is 1. The monoisotopic (exact) mass is 286 g/mol. The first-order valence-electron chi connectivity index (χ1n) is 6.29. The Morgan fingerprint density at radius 3 is 2.00 bits per heavy atom. The van der Waals surface area contributed by atoms with Crippen molar-refractivity contribution in [2.24, 2.45) is 0 Å². The van der Waals surface area contributed by atoms with Crippen molar-refractivity contribution in [3.63, 3.8) is 0 Å². The van der Waals surface area contributed by atoms with E-state index in [4.69, 9.17) is 4.74 Å². The van der Waals surface area contributed by atoms with Gasteiger partial charge in [-0.2, -0.15) is 0 Å². The molecule has 0 aliphatic heterocycles. The predicted octanol–water partition coefficient (Wildman–Crippen LogP) is 1.70. The summed E-state index contributed by atoms with van der Waals surface area (Å²) in [6.07, 6.45) is -0.122. The van der Waals surface area contributed by atoms with E-state index in [9.17, 15) is 19.8 Å². The quantitative estimate of drug-likeness (QED) is 0.645. The lowest BCUT2D eigenvalue weighted by atomic mass is 10.1. The summed E-state index contributed by atoms with van der Waals surface area (Å²) in [7, 11) is 0. The molecule has 5 nitrogen and oxygen atoms in total. The van der Waals surface area contributed by atoms with Gasteiger partial charge in [-0.1, -0.05) is 60.7 Å². The molecule has 1 unspecified atom stereocenters. The third-order valence-electron chi connectivity index (χ3n) is 2.91. The average molecular weight is 286 g/mol. The van der Waals surface area contributed by atoms with Crippen LogP contribution in [0.1, 0.15) is 11.1 Å². The zero-order valence-electron chi connectivity index (χ0n) is 11.1. The van der Waals surface area contributed by atoms with Gasteiger partial charge in [0.05, 0.1) is 6.42 Å². The topological polar surface area (TPSA) is 83.8 Å². The molecule has 0 bridgehead atoms. The fourth-order valence-electron chi connectivity index (χ4n) is 1.85. The van der Waals surface area contributed by atoms with Gasteiger partial charge in [-0.15, -0.1) is 0 Å². The summed E-state index contributed by atoms with van der Waals surface area (Å²) in [5.74, 6) is -5.15. The van der Waals surface area contributed by atoms with Crippen LogP contribution in [0.25, 0.3) is 0 Å². The van der Waals surface area contributed by atoms with Gasteiger partial charge in [0.15, 0.2) is 0 Å². The first-order chi connectivity index (χ1) is 10.0. The van der Waals surface area contributed by atoms with E-state index in [1.165, 1.54) is 12.1 Å². The van der Waals surface area contributed by atoms with Gasteiger partial charge < -0.3 is 14.9 Å². The second kappa shape index (κ2) is 6.19. The number of aliphatic carboxylic acids is 1. The van der Waals surface area contributed by atoms with Crippen molar-refractivity contribution < 1.29 is 24.5 Å². The lowest BCUT2D eigenvalue weighted by Gasteiger charge is -2.23. The van der Waals surface area contributed by atoms with Crippen LogP contribution >= 0.6 is 0 Å². The van der Waals surface area contributed by atoms with Gasteiger partial charge in [-0.25, -0.2) is 4.79 Å². The van der Waals surface area contributed by atoms with Crippen molar-refractivity contribution in [2.75, 3.05) is 0 Å². The molecule has 0 heterocycles. The van der Waals surface area contributed by atoms with Crippen LogP contribution in [0.5, 0.6) is 0 Å². The van der Waals surface area contributed by atoms with Crippen molar-refractivity contribution in [1.29, 1.82) is 0 Å². The minimum atomic E-state index is -2.69. The summed E-state index contributed by atoms with van der Waals surface area (Å²) in [6, 6.07) is 16.2. The van der Waals surface area contributed by atoms with Crippen LogP contribution in [0, 0.1) is 0 Å². The van der Waals surface area contributed by atoms with Crippen molar-refractivity contribution >= 4 is 11.9 Å². The third-order valence-corrected chi connectivity index (χ3v) is 2.91. The molecule has 2 aromatic rings. The lowest BCUT2D eigenvalue weighted by Crippen LogP contribution is -2.40. The number of carboxylic acids is 1. The van der Waals surface area contributed by atoms with Gasteiger partial charge in [0.25, 0.3) is 0 Å². The Bertz CT molecular complexity index is 624. The molecule has 0 aliphatic carbocycles. The molecule has 0 aromatic heterocycles. The van der Waals surface area contributed by atoms with Crippen molar-refractivity contribution in [3.05, 3.63) is 71.8 Å². The molecule has 0 aliphatic rings. The SMILES string of the molecule is O=C(Cc1ccccc1)OC(O)(C(=O)O)c1ccccc1. The Hall–Kier alpha value is -2.66. The van der Waals surface area contributed by atoms with E-state index in [-0.39, 0.29) is 12.0 Å². The van der Waals surface area contributed by atoms with E-state index in [2.05, 4.69) is 0 Å². The number of carbonyl (C=O) groups is 2. The maximum atomic E-state index is 11.9. The Morgan fingerprint density at radius 2 is 1.48 bits per heavy atom. The summed E-state index contributed by atoms with van der Waals surface area (Å²) in [5, 5.41) is 19.3. The number of carbonyl (C=O) groups excluding carboxylic acids is 1. The number of esters is 1. The van der Waals surface area contributed by atoms with Crippen LogP contribution in [0.2, 0.25) is 0 Å². The molecule has 0 fully saturated rings. The zero-order chi connectivity index (χ0) is 15.3. The van der Waals surface area contributed by atoms with Gasteiger partial charge >= 0.3 is 17.7 Å². The van der Waals surface area contributed by atoms with Gasteiger partial charge in [0.1, 0.15) is 0 Å². The first kappa shape index (κ1) is 14.7. The minimum absolute atomic E-state index is 0.0149. The standard InChI is InChI=1S/C16H14O5/c17-14(11-12-7-3-1-4-8-12)21-16(20,15(18)19)13-9-5-2-6-10-13/h1-10,20H,11H2,(H,18,19). The maximum Gasteiger partial charge on any atom is 0.382 e. The van der Waals surface area contributed by atoms with E-state index in [1.807, 2.05) is 0 Å². The summed E-state index contributed by atoms with van der Waals surface area (Å²) in [5.41, 5.74) is 0.655. The van der Waals surface area contributed by atoms with E-state index in [1.54, 1.807) is 48.5 Å². The first-order valence-corrected chi connectivity index (χ1v) is 6.29. The summed E-state index contributed by atoms with van der Waals surface area (Å²) in [4.78, 5) is 23.1. The summed E-state index contributed by atoms with van der Waals surface area (Å²) < 4.78 is 4.81. The highest BCUT2D eigenvalue weighted by atomic mass is 16.7. The Morgan fingerprint density at radius 1 is 0.952 bits per heavy atom. The predicted molar refractivity (Wildman–Crippen MR) is 74.2 cm³/mol. The number of hydrogen-bond acceptors (Lipinski definition) is 4. The van der Waals surface area contributed by atoms with Crippen LogP contribution < -0.4 is 0 Å². The van der Waals surface area contributed by atoms with E-state index < -0.39 is 17.7 Å². The molecule has 2 aromatic carbocycles. The largest absolute Gasteiger partial charge is 0.476 e. The second-order valence-corrected chi connectivity index (χ2v) is 4.45. The number of ether oxygens (including phenoxy) is 1. The van der Waals surface area contributed by atoms with Crippen LogP contribution in [0.3, 0.4) is 0 Å². The fourth-order valence-corrected chi connectivity index (χ4v) is 1.85. The van der Waals surface area contributed by atoms with Gasteiger partial charge in [0.2, 0.25) is 0 Å². The molecule has 0 spiro atoms. The van der Waals surface area contributed by atoms with E-state index >= 15 is 0 Å².